The lowest BCUT2D eigenvalue weighted by atomic mass is 9.86. The molecule has 1 heterocycles. The largest absolute Gasteiger partial charge is 0.393 e. The van der Waals surface area contributed by atoms with Crippen LogP contribution < -0.4 is 10.2 Å². The molecule has 1 unspecified atom stereocenters. The Morgan fingerprint density at radius 2 is 1.86 bits per heavy atom. The van der Waals surface area contributed by atoms with Gasteiger partial charge in [-0.3, -0.25) is 0 Å². The van der Waals surface area contributed by atoms with Crippen LogP contribution in [0, 0.1) is 5.41 Å². The van der Waals surface area contributed by atoms with Gasteiger partial charge >= 0.3 is 0 Å². The third kappa shape index (κ3) is 5.45. The fourth-order valence-corrected chi connectivity index (χ4v) is 3.41. The highest BCUT2D eigenvalue weighted by atomic mass is 35.5. The lowest BCUT2D eigenvalue weighted by Gasteiger charge is -2.36. The summed E-state index contributed by atoms with van der Waals surface area (Å²) in [6.45, 7) is 9.42. The minimum atomic E-state index is -0.233. The first-order chi connectivity index (χ1) is 10.4. The van der Waals surface area contributed by atoms with Crippen LogP contribution in [0.4, 0.5) is 5.69 Å². The number of aliphatic hydroxyl groups excluding tert-OH is 1. The summed E-state index contributed by atoms with van der Waals surface area (Å²) in [7, 11) is 0. The van der Waals surface area contributed by atoms with Crippen LogP contribution in [0.25, 0.3) is 0 Å². The number of piperidine rings is 1. The van der Waals surface area contributed by atoms with E-state index in [0.717, 1.165) is 43.9 Å². The van der Waals surface area contributed by atoms with Crippen LogP contribution in [0.3, 0.4) is 0 Å². The molecule has 1 aliphatic rings. The smallest absolute Gasteiger partial charge is 0.0517 e. The summed E-state index contributed by atoms with van der Waals surface area (Å²) in [5.74, 6) is 0. The van der Waals surface area contributed by atoms with Crippen molar-refractivity contribution in [2.75, 3.05) is 24.5 Å². The predicted octanol–water partition coefficient (Wildman–Crippen LogP) is 3.70. The molecule has 0 spiro atoms. The van der Waals surface area contributed by atoms with Crippen molar-refractivity contribution in [3.8, 4) is 0 Å². The average molecular weight is 325 g/mol. The molecule has 0 radical (unpaired) electrons. The second-order valence-electron chi connectivity index (χ2n) is 7.34. The molecule has 0 amide bonds. The SMILES string of the molecule is CC(O)CC(C)(C)CNC1CCN(c2ccc(Cl)cc2)CC1. The zero-order valence-electron chi connectivity index (χ0n) is 14.0. The molecule has 1 saturated heterocycles. The number of aliphatic hydroxyl groups is 1. The Balaban J connectivity index is 1.76. The van der Waals surface area contributed by atoms with Gasteiger partial charge < -0.3 is 15.3 Å². The van der Waals surface area contributed by atoms with Gasteiger partial charge in [-0.15, -0.1) is 0 Å². The standard InChI is InChI=1S/C18H29ClN2O/c1-14(22)12-18(2,3)13-20-16-8-10-21(11-9-16)17-6-4-15(19)5-7-17/h4-7,14,16,20,22H,8-13H2,1-3H3. The van der Waals surface area contributed by atoms with Crippen LogP contribution >= 0.6 is 11.6 Å². The molecule has 4 heteroatoms. The van der Waals surface area contributed by atoms with Crippen molar-refractivity contribution in [2.45, 2.75) is 52.2 Å². The first kappa shape index (κ1) is 17.6. The highest BCUT2D eigenvalue weighted by molar-refractivity contribution is 6.30. The first-order valence-electron chi connectivity index (χ1n) is 8.28. The van der Waals surface area contributed by atoms with Gasteiger partial charge in [0.25, 0.3) is 0 Å². The van der Waals surface area contributed by atoms with Gasteiger partial charge in [-0.1, -0.05) is 25.4 Å². The summed E-state index contributed by atoms with van der Waals surface area (Å²) in [6.07, 6.45) is 2.92. The monoisotopic (exact) mass is 324 g/mol. The molecule has 22 heavy (non-hydrogen) atoms. The van der Waals surface area contributed by atoms with E-state index in [1.165, 1.54) is 5.69 Å². The Kier molecular flexibility index (Phi) is 6.13. The number of nitrogens with zero attached hydrogens (tertiary/aromatic N) is 1. The third-order valence-electron chi connectivity index (χ3n) is 4.40. The fraction of sp³-hybridized carbons (Fsp3) is 0.667. The number of benzene rings is 1. The van der Waals surface area contributed by atoms with E-state index >= 15 is 0 Å². The Morgan fingerprint density at radius 1 is 1.27 bits per heavy atom. The van der Waals surface area contributed by atoms with Crippen LogP contribution in [-0.2, 0) is 0 Å². The molecule has 1 fully saturated rings. The van der Waals surface area contributed by atoms with Gasteiger partial charge in [-0.05, 0) is 55.9 Å². The van der Waals surface area contributed by atoms with E-state index in [9.17, 15) is 5.11 Å². The molecule has 1 aromatic carbocycles. The number of rotatable bonds is 6. The average Bonchev–Trinajstić information content (AvgIpc) is 2.45. The number of nitrogens with one attached hydrogen (secondary N) is 1. The van der Waals surface area contributed by atoms with Gasteiger partial charge in [0.05, 0.1) is 6.10 Å². The van der Waals surface area contributed by atoms with Crippen LogP contribution in [0.5, 0.6) is 0 Å². The van der Waals surface area contributed by atoms with Gasteiger partial charge in [0.15, 0.2) is 0 Å². The van der Waals surface area contributed by atoms with Gasteiger partial charge in [0, 0.05) is 36.4 Å². The van der Waals surface area contributed by atoms with Crippen LogP contribution in [0.1, 0.15) is 40.0 Å². The number of hydrogen-bond acceptors (Lipinski definition) is 3. The molecule has 1 atom stereocenters. The summed E-state index contributed by atoms with van der Waals surface area (Å²) >= 11 is 5.95. The molecule has 124 valence electrons. The third-order valence-corrected chi connectivity index (χ3v) is 4.66. The van der Waals surface area contributed by atoms with Crippen molar-refractivity contribution in [3.05, 3.63) is 29.3 Å². The Labute approximate surface area is 139 Å². The van der Waals surface area contributed by atoms with Gasteiger partial charge in [-0.25, -0.2) is 0 Å². The molecule has 0 aromatic heterocycles. The van der Waals surface area contributed by atoms with E-state index in [1.807, 2.05) is 19.1 Å². The van der Waals surface area contributed by atoms with Crippen molar-refractivity contribution in [1.29, 1.82) is 0 Å². The lowest BCUT2D eigenvalue weighted by Crippen LogP contribution is -2.45. The van der Waals surface area contributed by atoms with Crippen molar-refractivity contribution < 1.29 is 5.11 Å². The Bertz CT molecular complexity index is 451. The summed E-state index contributed by atoms with van der Waals surface area (Å²) < 4.78 is 0. The minimum absolute atomic E-state index is 0.140. The van der Waals surface area contributed by atoms with E-state index in [1.54, 1.807) is 0 Å². The van der Waals surface area contributed by atoms with Crippen molar-refractivity contribution in [3.63, 3.8) is 0 Å². The Hall–Kier alpha value is -0.770. The summed E-state index contributed by atoms with van der Waals surface area (Å²) in [6, 6.07) is 8.69. The topological polar surface area (TPSA) is 35.5 Å². The van der Waals surface area contributed by atoms with Crippen LogP contribution in [0.15, 0.2) is 24.3 Å². The normalized spacial score (nSPS) is 18.5. The molecule has 1 aromatic rings. The fourth-order valence-electron chi connectivity index (χ4n) is 3.29. The summed E-state index contributed by atoms with van der Waals surface area (Å²) in [5, 5.41) is 14.0. The van der Waals surface area contributed by atoms with Gasteiger partial charge in [0.1, 0.15) is 0 Å². The number of hydrogen-bond donors (Lipinski definition) is 2. The maximum Gasteiger partial charge on any atom is 0.0517 e. The minimum Gasteiger partial charge on any atom is -0.393 e. The number of halogens is 1. The van der Waals surface area contributed by atoms with E-state index in [4.69, 9.17) is 11.6 Å². The second kappa shape index (κ2) is 7.67. The molecule has 3 nitrogen and oxygen atoms in total. The van der Waals surface area contributed by atoms with Gasteiger partial charge in [0.2, 0.25) is 0 Å². The zero-order chi connectivity index (χ0) is 16.2. The maximum atomic E-state index is 9.56. The highest BCUT2D eigenvalue weighted by Crippen LogP contribution is 2.24. The molecular formula is C18H29ClN2O. The zero-order valence-corrected chi connectivity index (χ0v) is 14.7. The summed E-state index contributed by atoms with van der Waals surface area (Å²) in [5.41, 5.74) is 1.40. The molecule has 2 rings (SSSR count). The van der Waals surface area contributed by atoms with Crippen molar-refractivity contribution in [2.24, 2.45) is 5.41 Å². The quantitative estimate of drug-likeness (QED) is 0.837. The number of anilines is 1. The predicted molar refractivity (Wildman–Crippen MR) is 94.8 cm³/mol. The van der Waals surface area contributed by atoms with Crippen molar-refractivity contribution in [1.82, 2.24) is 5.32 Å². The molecule has 1 aliphatic heterocycles. The van der Waals surface area contributed by atoms with Gasteiger partial charge in [-0.2, -0.15) is 0 Å². The van der Waals surface area contributed by atoms with E-state index in [0.29, 0.717) is 6.04 Å². The van der Waals surface area contributed by atoms with Crippen molar-refractivity contribution >= 4 is 17.3 Å². The molecule has 2 N–H and O–H groups in total. The van der Waals surface area contributed by atoms with E-state index in [-0.39, 0.29) is 11.5 Å². The molecule has 0 saturated carbocycles. The highest BCUT2D eigenvalue weighted by Gasteiger charge is 2.24. The first-order valence-corrected chi connectivity index (χ1v) is 8.65. The summed E-state index contributed by atoms with van der Waals surface area (Å²) in [4.78, 5) is 2.43. The van der Waals surface area contributed by atoms with E-state index < -0.39 is 0 Å². The van der Waals surface area contributed by atoms with Crippen LogP contribution in [-0.4, -0.2) is 36.9 Å². The van der Waals surface area contributed by atoms with Crippen LogP contribution in [0.2, 0.25) is 5.02 Å². The Morgan fingerprint density at radius 3 is 2.41 bits per heavy atom. The molecular weight excluding hydrogens is 296 g/mol. The van der Waals surface area contributed by atoms with E-state index in [2.05, 4.69) is 36.2 Å². The second-order valence-corrected chi connectivity index (χ2v) is 7.77. The lowest BCUT2D eigenvalue weighted by molar-refractivity contribution is 0.125. The molecule has 0 bridgehead atoms. The maximum absolute atomic E-state index is 9.56. The molecule has 0 aliphatic carbocycles.